The zero-order chi connectivity index (χ0) is 15.0. The number of hydrogen-bond donors (Lipinski definition) is 1. The van der Waals surface area contributed by atoms with Crippen LogP contribution in [0.3, 0.4) is 0 Å². The van der Waals surface area contributed by atoms with Crippen molar-refractivity contribution in [2.24, 2.45) is 0 Å². The molecule has 0 heterocycles. The van der Waals surface area contributed by atoms with E-state index in [4.69, 9.17) is 4.74 Å². The maximum atomic E-state index is 5.17. The molecule has 0 aliphatic heterocycles. The number of likely N-dealkylation sites (N-methyl/N-ethyl adjacent to an activating group) is 1. The average molecular weight is 278 g/mol. The first-order chi connectivity index (χ1) is 9.60. The smallest absolute Gasteiger partial charge is 0.0589 e. The van der Waals surface area contributed by atoms with Gasteiger partial charge in [0.2, 0.25) is 0 Å². The highest BCUT2D eigenvalue weighted by atomic mass is 16.5. The minimum atomic E-state index is 0.421. The third kappa shape index (κ3) is 5.61. The molecule has 3 heteroatoms. The van der Waals surface area contributed by atoms with Gasteiger partial charge in [-0.1, -0.05) is 36.2 Å². The van der Waals surface area contributed by atoms with Gasteiger partial charge in [0.05, 0.1) is 6.61 Å². The number of nitrogens with one attached hydrogen (secondary N) is 1. The number of aryl methyl sites for hydroxylation is 2. The maximum Gasteiger partial charge on any atom is 0.0589 e. The van der Waals surface area contributed by atoms with E-state index < -0.39 is 0 Å². The highest BCUT2D eigenvalue weighted by Gasteiger charge is 2.12. The lowest BCUT2D eigenvalue weighted by atomic mass is 9.99. The SMILES string of the molecule is CCN(CCOC)CCC(NC)c1cc(C)cc(C)c1. The lowest BCUT2D eigenvalue weighted by molar-refractivity contribution is 0.148. The normalized spacial score (nSPS) is 12.9. The third-order valence-electron chi connectivity index (χ3n) is 3.79. The molecule has 0 saturated heterocycles. The second kappa shape index (κ2) is 9.11. The Kier molecular flexibility index (Phi) is 7.82. The molecule has 1 N–H and O–H groups in total. The van der Waals surface area contributed by atoms with Gasteiger partial charge in [-0.3, -0.25) is 0 Å². The van der Waals surface area contributed by atoms with E-state index in [2.05, 4.69) is 49.2 Å². The molecule has 0 aromatic heterocycles. The lowest BCUT2D eigenvalue weighted by Crippen LogP contribution is -2.31. The molecule has 1 atom stereocenters. The first kappa shape index (κ1) is 17.2. The van der Waals surface area contributed by atoms with Gasteiger partial charge in [0, 0.05) is 26.2 Å². The summed E-state index contributed by atoms with van der Waals surface area (Å²) in [6.07, 6.45) is 1.12. The number of hydrogen-bond acceptors (Lipinski definition) is 3. The van der Waals surface area contributed by atoms with E-state index in [-0.39, 0.29) is 0 Å². The molecule has 0 aliphatic rings. The second-order valence-corrected chi connectivity index (χ2v) is 5.48. The number of benzene rings is 1. The van der Waals surface area contributed by atoms with Crippen molar-refractivity contribution in [3.8, 4) is 0 Å². The largest absolute Gasteiger partial charge is 0.383 e. The summed E-state index contributed by atoms with van der Waals surface area (Å²) in [6.45, 7) is 10.5. The Balaban J connectivity index is 2.62. The molecule has 20 heavy (non-hydrogen) atoms. The molecule has 0 aliphatic carbocycles. The van der Waals surface area contributed by atoms with Crippen molar-refractivity contribution in [2.45, 2.75) is 33.2 Å². The molecule has 0 amide bonds. The number of ether oxygens (including phenoxy) is 1. The van der Waals surface area contributed by atoms with Crippen molar-refractivity contribution in [3.05, 3.63) is 34.9 Å². The van der Waals surface area contributed by atoms with Crippen LogP contribution in [0, 0.1) is 13.8 Å². The molecule has 3 nitrogen and oxygen atoms in total. The highest BCUT2D eigenvalue weighted by molar-refractivity contribution is 5.30. The van der Waals surface area contributed by atoms with Crippen LogP contribution in [0.2, 0.25) is 0 Å². The fraction of sp³-hybridized carbons (Fsp3) is 0.647. The Hall–Kier alpha value is -0.900. The predicted molar refractivity (Wildman–Crippen MR) is 86.3 cm³/mol. The third-order valence-corrected chi connectivity index (χ3v) is 3.79. The van der Waals surface area contributed by atoms with Crippen molar-refractivity contribution >= 4 is 0 Å². The molecular formula is C17H30N2O. The Morgan fingerprint density at radius 2 is 1.80 bits per heavy atom. The molecule has 1 rings (SSSR count). The predicted octanol–water partition coefficient (Wildman–Crippen LogP) is 2.92. The molecular weight excluding hydrogens is 248 g/mol. The van der Waals surface area contributed by atoms with Crippen LogP contribution in [0.1, 0.15) is 36.1 Å². The molecule has 0 spiro atoms. The van der Waals surface area contributed by atoms with Crippen LogP contribution in [-0.4, -0.2) is 45.3 Å². The Bertz CT molecular complexity index is 372. The van der Waals surface area contributed by atoms with Crippen LogP contribution < -0.4 is 5.32 Å². The summed E-state index contributed by atoms with van der Waals surface area (Å²) in [6, 6.07) is 7.23. The highest BCUT2D eigenvalue weighted by Crippen LogP contribution is 2.20. The fourth-order valence-electron chi connectivity index (χ4n) is 2.65. The van der Waals surface area contributed by atoms with Gasteiger partial charge in [0.25, 0.3) is 0 Å². The van der Waals surface area contributed by atoms with E-state index >= 15 is 0 Å². The van der Waals surface area contributed by atoms with Gasteiger partial charge in [-0.2, -0.15) is 0 Å². The molecule has 114 valence electrons. The van der Waals surface area contributed by atoms with Gasteiger partial charge in [-0.15, -0.1) is 0 Å². The average Bonchev–Trinajstić information content (AvgIpc) is 2.41. The number of methoxy groups -OCH3 is 1. The Morgan fingerprint density at radius 3 is 2.30 bits per heavy atom. The van der Waals surface area contributed by atoms with Crippen molar-refractivity contribution < 1.29 is 4.74 Å². The van der Waals surface area contributed by atoms with E-state index in [1.165, 1.54) is 16.7 Å². The minimum absolute atomic E-state index is 0.421. The van der Waals surface area contributed by atoms with E-state index in [0.717, 1.165) is 32.7 Å². The van der Waals surface area contributed by atoms with Crippen molar-refractivity contribution in [1.29, 1.82) is 0 Å². The number of nitrogens with zero attached hydrogens (tertiary/aromatic N) is 1. The van der Waals surface area contributed by atoms with Crippen LogP contribution in [-0.2, 0) is 4.74 Å². The van der Waals surface area contributed by atoms with Crippen LogP contribution >= 0.6 is 0 Å². The van der Waals surface area contributed by atoms with Gasteiger partial charge in [-0.05, 0) is 39.4 Å². The van der Waals surface area contributed by atoms with Gasteiger partial charge in [0.15, 0.2) is 0 Å². The number of rotatable bonds is 9. The molecule has 0 saturated carbocycles. The van der Waals surface area contributed by atoms with E-state index in [1.807, 2.05) is 7.05 Å². The van der Waals surface area contributed by atoms with Gasteiger partial charge >= 0.3 is 0 Å². The molecule has 1 aromatic carbocycles. The molecule has 0 radical (unpaired) electrons. The first-order valence-corrected chi connectivity index (χ1v) is 7.57. The minimum Gasteiger partial charge on any atom is -0.383 e. The van der Waals surface area contributed by atoms with Crippen molar-refractivity contribution in [1.82, 2.24) is 10.2 Å². The molecule has 0 fully saturated rings. The standard InChI is InChI=1S/C17H30N2O/c1-6-19(9-10-20-5)8-7-17(18-4)16-12-14(2)11-15(3)13-16/h11-13,17-18H,6-10H2,1-5H3. The quantitative estimate of drug-likeness (QED) is 0.751. The summed E-state index contributed by atoms with van der Waals surface area (Å²) < 4.78 is 5.17. The second-order valence-electron chi connectivity index (χ2n) is 5.48. The van der Waals surface area contributed by atoms with E-state index in [9.17, 15) is 0 Å². The zero-order valence-electron chi connectivity index (χ0n) is 13.7. The van der Waals surface area contributed by atoms with Crippen LogP contribution in [0.25, 0.3) is 0 Å². The van der Waals surface area contributed by atoms with Crippen molar-refractivity contribution in [2.75, 3.05) is 40.4 Å². The van der Waals surface area contributed by atoms with Crippen LogP contribution in [0.5, 0.6) is 0 Å². The van der Waals surface area contributed by atoms with Gasteiger partial charge in [-0.25, -0.2) is 0 Å². The monoisotopic (exact) mass is 278 g/mol. The summed E-state index contributed by atoms with van der Waals surface area (Å²) in [4.78, 5) is 2.44. The topological polar surface area (TPSA) is 24.5 Å². The van der Waals surface area contributed by atoms with Crippen LogP contribution in [0.15, 0.2) is 18.2 Å². The zero-order valence-corrected chi connectivity index (χ0v) is 13.7. The summed E-state index contributed by atoms with van der Waals surface area (Å²) >= 11 is 0. The molecule has 0 bridgehead atoms. The van der Waals surface area contributed by atoms with E-state index in [1.54, 1.807) is 7.11 Å². The maximum absolute atomic E-state index is 5.17. The van der Waals surface area contributed by atoms with E-state index in [0.29, 0.717) is 6.04 Å². The lowest BCUT2D eigenvalue weighted by Gasteiger charge is -2.24. The fourth-order valence-corrected chi connectivity index (χ4v) is 2.65. The molecule has 1 unspecified atom stereocenters. The molecule has 1 aromatic rings. The van der Waals surface area contributed by atoms with Crippen molar-refractivity contribution in [3.63, 3.8) is 0 Å². The first-order valence-electron chi connectivity index (χ1n) is 7.57. The van der Waals surface area contributed by atoms with Gasteiger partial charge < -0.3 is 15.0 Å². The summed E-state index contributed by atoms with van der Waals surface area (Å²) in [5.41, 5.74) is 4.08. The Labute approximate surface area is 124 Å². The Morgan fingerprint density at radius 1 is 1.15 bits per heavy atom. The summed E-state index contributed by atoms with van der Waals surface area (Å²) in [5, 5.41) is 3.45. The summed E-state index contributed by atoms with van der Waals surface area (Å²) in [7, 11) is 3.81. The van der Waals surface area contributed by atoms with Gasteiger partial charge in [0.1, 0.15) is 0 Å². The summed E-state index contributed by atoms with van der Waals surface area (Å²) in [5.74, 6) is 0. The van der Waals surface area contributed by atoms with Crippen LogP contribution in [0.4, 0.5) is 0 Å².